The van der Waals surface area contributed by atoms with Crippen LogP contribution in [-0.4, -0.2) is 34.1 Å². The third kappa shape index (κ3) is 5.49. The Morgan fingerprint density at radius 3 is 2.47 bits per heavy atom. The number of rotatable bonds is 11. The van der Waals surface area contributed by atoms with Crippen molar-refractivity contribution in [1.29, 1.82) is 0 Å². The van der Waals surface area contributed by atoms with E-state index >= 15 is 0 Å². The SMILES string of the molecule is CCCCOc1ccc(C(=O)O)cc1-c1cc(-c2ccccc2OCC)n(CC(C)C)n1. The lowest BCUT2D eigenvalue weighted by Crippen LogP contribution is -2.08. The molecule has 0 saturated carbocycles. The smallest absolute Gasteiger partial charge is 0.335 e. The van der Waals surface area contributed by atoms with Crippen LogP contribution in [0.4, 0.5) is 0 Å². The van der Waals surface area contributed by atoms with E-state index in [-0.39, 0.29) is 5.56 Å². The number of carboxylic acids is 1. The molecule has 0 unspecified atom stereocenters. The normalized spacial score (nSPS) is 11.0. The Balaban J connectivity index is 2.14. The second kappa shape index (κ2) is 10.8. The fraction of sp³-hybridized carbons (Fsp3) is 0.385. The monoisotopic (exact) mass is 436 g/mol. The number of carbonyl (C=O) groups is 1. The second-order valence-corrected chi connectivity index (χ2v) is 8.14. The van der Waals surface area contributed by atoms with E-state index in [1.807, 2.05) is 41.9 Å². The number of aromatic nitrogens is 2. The molecule has 0 bridgehead atoms. The maximum atomic E-state index is 11.6. The molecule has 32 heavy (non-hydrogen) atoms. The number of hydrogen-bond acceptors (Lipinski definition) is 4. The summed E-state index contributed by atoms with van der Waals surface area (Å²) in [6.07, 6.45) is 1.94. The first-order chi connectivity index (χ1) is 15.4. The zero-order valence-corrected chi connectivity index (χ0v) is 19.3. The largest absolute Gasteiger partial charge is 0.493 e. The molecule has 0 amide bonds. The Hall–Kier alpha value is -3.28. The molecule has 0 radical (unpaired) electrons. The predicted octanol–water partition coefficient (Wildman–Crippen LogP) is 6.15. The van der Waals surface area contributed by atoms with Crippen molar-refractivity contribution in [2.45, 2.75) is 47.1 Å². The highest BCUT2D eigenvalue weighted by molar-refractivity contribution is 5.90. The van der Waals surface area contributed by atoms with Gasteiger partial charge in [-0.2, -0.15) is 5.10 Å². The number of hydrogen-bond donors (Lipinski definition) is 1. The van der Waals surface area contributed by atoms with Gasteiger partial charge in [0.25, 0.3) is 0 Å². The fourth-order valence-corrected chi connectivity index (χ4v) is 3.53. The average molecular weight is 437 g/mol. The summed E-state index contributed by atoms with van der Waals surface area (Å²) in [5.74, 6) is 0.841. The Morgan fingerprint density at radius 1 is 1.03 bits per heavy atom. The predicted molar refractivity (Wildman–Crippen MR) is 126 cm³/mol. The number of benzene rings is 2. The van der Waals surface area contributed by atoms with Crippen molar-refractivity contribution in [3.8, 4) is 34.0 Å². The van der Waals surface area contributed by atoms with Crippen molar-refractivity contribution in [2.24, 2.45) is 5.92 Å². The molecule has 0 aliphatic heterocycles. The Bertz CT molecular complexity index is 1060. The van der Waals surface area contributed by atoms with E-state index in [9.17, 15) is 9.90 Å². The molecule has 0 aliphatic carbocycles. The number of carboxylic acid groups (broad SMARTS) is 1. The maximum absolute atomic E-state index is 11.6. The summed E-state index contributed by atoms with van der Waals surface area (Å²) < 4.78 is 13.8. The molecular formula is C26H32N2O4. The van der Waals surface area contributed by atoms with Gasteiger partial charge in [-0.25, -0.2) is 4.79 Å². The molecule has 0 aliphatic rings. The van der Waals surface area contributed by atoms with E-state index in [0.717, 1.165) is 36.4 Å². The zero-order chi connectivity index (χ0) is 23.1. The maximum Gasteiger partial charge on any atom is 0.335 e. The third-order valence-corrected chi connectivity index (χ3v) is 5.04. The van der Waals surface area contributed by atoms with Crippen molar-refractivity contribution in [3.05, 3.63) is 54.1 Å². The second-order valence-electron chi connectivity index (χ2n) is 8.14. The molecule has 2 aromatic carbocycles. The zero-order valence-electron chi connectivity index (χ0n) is 19.3. The molecule has 6 nitrogen and oxygen atoms in total. The van der Waals surface area contributed by atoms with Gasteiger partial charge in [-0.15, -0.1) is 0 Å². The molecule has 0 fully saturated rings. The van der Waals surface area contributed by atoms with Crippen LogP contribution in [0.3, 0.4) is 0 Å². The number of ether oxygens (including phenoxy) is 2. The van der Waals surface area contributed by atoms with E-state index in [4.69, 9.17) is 14.6 Å². The van der Waals surface area contributed by atoms with Crippen LogP contribution in [-0.2, 0) is 6.54 Å². The van der Waals surface area contributed by atoms with E-state index < -0.39 is 5.97 Å². The van der Waals surface area contributed by atoms with E-state index in [2.05, 4.69) is 20.8 Å². The summed E-state index contributed by atoms with van der Waals surface area (Å²) in [6.45, 7) is 10.2. The fourth-order valence-electron chi connectivity index (χ4n) is 3.53. The van der Waals surface area contributed by atoms with Gasteiger partial charge in [0.15, 0.2) is 0 Å². The number of unbranched alkanes of at least 4 members (excludes halogenated alkanes) is 1. The average Bonchev–Trinajstić information content (AvgIpc) is 3.17. The molecule has 0 atom stereocenters. The lowest BCUT2D eigenvalue weighted by Gasteiger charge is -2.13. The van der Waals surface area contributed by atoms with Crippen molar-refractivity contribution in [1.82, 2.24) is 9.78 Å². The van der Waals surface area contributed by atoms with E-state index in [0.29, 0.717) is 36.1 Å². The molecule has 3 aromatic rings. The van der Waals surface area contributed by atoms with Crippen LogP contribution in [0.1, 0.15) is 50.9 Å². The summed E-state index contributed by atoms with van der Waals surface area (Å²) >= 11 is 0. The Morgan fingerprint density at radius 2 is 1.78 bits per heavy atom. The highest BCUT2D eigenvalue weighted by atomic mass is 16.5. The summed E-state index contributed by atoms with van der Waals surface area (Å²) in [5, 5.41) is 14.4. The molecule has 1 heterocycles. The van der Waals surface area contributed by atoms with Crippen LogP contribution in [0.5, 0.6) is 11.5 Å². The topological polar surface area (TPSA) is 73.6 Å². The van der Waals surface area contributed by atoms with Crippen LogP contribution < -0.4 is 9.47 Å². The first-order valence-corrected chi connectivity index (χ1v) is 11.2. The van der Waals surface area contributed by atoms with Crippen molar-refractivity contribution < 1.29 is 19.4 Å². The molecule has 1 N–H and O–H groups in total. The Kier molecular flexibility index (Phi) is 7.92. The van der Waals surface area contributed by atoms with Gasteiger partial charge in [-0.3, -0.25) is 4.68 Å². The van der Waals surface area contributed by atoms with Gasteiger partial charge in [0.05, 0.1) is 30.2 Å². The van der Waals surface area contributed by atoms with Gasteiger partial charge in [0, 0.05) is 17.7 Å². The highest BCUT2D eigenvalue weighted by Crippen LogP contribution is 2.36. The molecule has 6 heteroatoms. The van der Waals surface area contributed by atoms with Gasteiger partial charge in [-0.05, 0) is 55.7 Å². The van der Waals surface area contributed by atoms with E-state index in [1.165, 1.54) is 0 Å². The van der Waals surface area contributed by atoms with Crippen LogP contribution in [0.15, 0.2) is 48.5 Å². The molecule has 1 aromatic heterocycles. The number of aromatic carboxylic acids is 1. The van der Waals surface area contributed by atoms with Gasteiger partial charge >= 0.3 is 5.97 Å². The van der Waals surface area contributed by atoms with Gasteiger partial charge in [0.2, 0.25) is 0 Å². The molecule has 0 saturated heterocycles. The molecule has 3 rings (SSSR count). The van der Waals surface area contributed by atoms with Gasteiger partial charge < -0.3 is 14.6 Å². The standard InChI is InChI=1S/C26H32N2O4/c1-5-7-14-32-25-13-12-19(26(29)30)15-21(25)22-16-23(28(27-22)17-18(3)4)20-10-8-9-11-24(20)31-6-2/h8-13,15-16,18H,5-7,14,17H2,1-4H3,(H,29,30). The van der Waals surface area contributed by atoms with Crippen LogP contribution >= 0.6 is 0 Å². The number of para-hydroxylation sites is 1. The highest BCUT2D eigenvalue weighted by Gasteiger charge is 2.19. The minimum absolute atomic E-state index is 0.206. The minimum Gasteiger partial charge on any atom is -0.493 e. The summed E-state index contributed by atoms with van der Waals surface area (Å²) in [6, 6.07) is 14.8. The van der Waals surface area contributed by atoms with Gasteiger partial charge in [0.1, 0.15) is 11.5 Å². The van der Waals surface area contributed by atoms with Crippen molar-refractivity contribution >= 4 is 5.97 Å². The molecule has 170 valence electrons. The summed E-state index contributed by atoms with van der Waals surface area (Å²) in [5.41, 5.74) is 3.45. The summed E-state index contributed by atoms with van der Waals surface area (Å²) in [7, 11) is 0. The lowest BCUT2D eigenvalue weighted by molar-refractivity contribution is 0.0697. The quantitative estimate of drug-likeness (QED) is 0.365. The third-order valence-electron chi connectivity index (χ3n) is 5.04. The van der Waals surface area contributed by atoms with Gasteiger partial charge in [-0.1, -0.05) is 39.3 Å². The summed E-state index contributed by atoms with van der Waals surface area (Å²) in [4.78, 5) is 11.6. The van der Waals surface area contributed by atoms with Crippen LogP contribution in [0.2, 0.25) is 0 Å². The van der Waals surface area contributed by atoms with Crippen LogP contribution in [0.25, 0.3) is 22.5 Å². The van der Waals surface area contributed by atoms with Crippen molar-refractivity contribution in [2.75, 3.05) is 13.2 Å². The first kappa shape index (κ1) is 23.4. The van der Waals surface area contributed by atoms with Crippen molar-refractivity contribution in [3.63, 3.8) is 0 Å². The van der Waals surface area contributed by atoms with Crippen LogP contribution in [0, 0.1) is 5.92 Å². The lowest BCUT2D eigenvalue weighted by atomic mass is 10.0. The number of nitrogens with zero attached hydrogens (tertiary/aromatic N) is 2. The van der Waals surface area contributed by atoms with E-state index in [1.54, 1.807) is 18.2 Å². The molecule has 0 spiro atoms. The molecular weight excluding hydrogens is 404 g/mol. The first-order valence-electron chi connectivity index (χ1n) is 11.2. The minimum atomic E-state index is -0.977. The Labute approximate surface area is 189 Å².